The molecule has 0 atom stereocenters. The van der Waals surface area contributed by atoms with E-state index in [0.717, 1.165) is 0 Å². The summed E-state index contributed by atoms with van der Waals surface area (Å²) in [5.41, 5.74) is 0.602. The number of nitrogens with one attached hydrogen (secondary N) is 1. The van der Waals surface area contributed by atoms with Crippen LogP contribution in [0.1, 0.15) is 10.4 Å². The van der Waals surface area contributed by atoms with E-state index in [-0.39, 0.29) is 12.5 Å². The molecule has 0 heterocycles. The number of aliphatic hydroxyl groups is 1. The van der Waals surface area contributed by atoms with Crippen molar-refractivity contribution in [3.63, 3.8) is 0 Å². The first-order valence-electron chi connectivity index (χ1n) is 3.96. The third-order valence-electron chi connectivity index (χ3n) is 1.47. The zero-order valence-electron chi connectivity index (χ0n) is 7.10. The average molecular weight is 177 g/mol. The van der Waals surface area contributed by atoms with Gasteiger partial charge in [-0.05, 0) is 18.2 Å². The molecule has 3 nitrogen and oxygen atoms in total. The number of carbonyl (C=O) groups is 1. The van der Waals surface area contributed by atoms with E-state index in [0.29, 0.717) is 5.56 Å². The second-order valence-electron chi connectivity index (χ2n) is 2.42. The molecule has 1 amide bonds. The normalized spacial score (nSPS) is 10.2. The van der Waals surface area contributed by atoms with Gasteiger partial charge >= 0.3 is 0 Å². The number of rotatable bonds is 3. The van der Waals surface area contributed by atoms with Crippen LogP contribution in [-0.4, -0.2) is 17.6 Å². The van der Waals surface area contributed by atoms with Crippen LogP contribution in [-0.2, 0) is 0 Å². The second-order valence-corrected chi connectivity index (χ2v) is 2.42. The standard InChI is InChI=1S/C10H11NO2/c12-8-4-7-11-10(13)9-5-2-1-3-6-9/h1-7,12H,8H2,(H,11,13)/b7-4+. The molecule has 0 radical (unpaired) electrons. The summed E-state index contributed by atoms with van der Waals surface area (Å²) in [6, 6.07) is 8.89. The molecule has 0 spiro atoms. The highest BCUT2D eigenvalue weighted by atomic mass is 16.2. The van der Waals surface area contributed by atoms with Gasteiger partial charge in [0, 0.05) is 11.8 Å². The van der Waals surface area contributed by atoms with E-state index >= 15 is 0 Å². The van der Waals surface area contributed by atoms with Crippen LogP contribution in [0.4, 0.5) is 0 Å². The van der Waals surface area contributed by atoms with Crippen LogP contribution in [0.15, 0.2) is 42.6 Å². The predicted molar refractivity (Wildman–Crippen MR) is 50.1 cm³/mol. The van der Waals surface area contributed by atoms with E-state index in [1.54, 1.807) is 24.3 Å². The maximum Gasteiger partial charge on any atom is 0.255 e. The monoisotopic (exact) mass is 177 g/mol. The Morgan fingerprint density at radius 1 is 1.38 bits per heavy atom. The van der Waals surface area contributed by atoms with Gasteiger partial charge in [0.2, 0.25) is 0 Å². The van der Waals surface area contributed by atoms with Crippen LogP contribution in [0.2, 0.25) is 0 Å². The van der Waals surface area contributed by atoms with Gasteiger partial charge in [-0.15, -0.1) is 0 Å². The maximum absolute atomic E-state index is 11.3. The van der Waals surface area contributed by atoms with Gasteiger partial charge in [0.05, 0.1) is 6.61 Å². The van der Waals surface area contributed by atoms with Crippen molar-refractivity contribution in [3.05, 3.63) is 48.2 Å². The molecule has 2 N–H and O–H groups in total. The first-order chi connectivity index (χ1) is 6.34. The van der Waals surface area contributed by atoms with Gasteiger partial charge in [-0.3, -0.25) is 4.79 Å². The smallest absolute Gasteiger partial charge is 0.255 e. The van der Waals surface area contributed by atoms with Gasteiger partial charge < -0.3 is 10.4 Å². The molecule has 3 heteroatoms. The summed E-state index contributed by atoms with van der Waals surface area (Å²) < 4.78 is 0. The summed E-state index contributed by atoms with van der Waals surface area (Å²) in [4.78, 5) is 11.3. The quantitative estimate of drug-likeness (QED) is 0.721. The number of aliphatic hydroxyl groups excluding tert-OH is 1. The summed E-state index contributed by atoms with van der Waals surface area (Å²) in [6.45, 7) is -0.0743. The minimum absolute atomic E-state index is 0.0743. The Kier molecular flexibility index (Phi) is 3.73. The summed E-state index contributed by atoms with van der Waals surface area (Å²) >= 11 is 0. The van der Waals surface area contributed by atoms with Crippen LogP contribution in [0.5, 0.6) is 0 Å². The lowest BCUT2D eigenvalue weighted by atomic mass is 10.2. The molecule has 0 fully saturated rings. The first-order valence-corrected chi connectivity index (χ1v) is 3.96. The summed E-state index contributed by atoms with van der Waals surface area (Å²) in [7, 11) is 0. The minimum atomic E-state index is -0.176. The van der Waals surface area contributed by atoms with Gasteiger partial charge in [0.1, 0.15) is 0 Å². The number of hydrogen-bond donors (Lipinski definition) is 2. The SMILES string of the molecule is O=C(N/C=C/CO)c1ccccc1. The predicted octanol–water partition coefficient (Wildman–Crippen LogP) is 0.922. The minimum Gasteiger partial charge on any atom is -0.392 e. The summed E-state index contributed by atoms with van der Waals surface area (Å²) in [5, 5.41) is 10.9. The first kappa shape index (κ1) is 9.48. The van der Waals surface area contributed by atoms with E-state index in [4.69, 9.17) is 5.11 Å². The third-order valence-corrected chi connectivity index (χ3v) is 1.47. The number of carbonyl (C=O) groups excluding carboxylic acids is 1. The zero-order chi connectivity index (χ0) is 9.52. The van der Waals surface area contributed by atoms with Crippen molar-refractivity contribution < 1.29 is 9.90 Å². The molecule has 0 aliphatic heterocycles. The summed E-state index contributed by atoms with van der Waals surface area (Å²) in [5.74, 6) is -0.176. The van der Waals surface area contributed by atoms with E-state index in [9.17, 15) is 4.79 Å². The Hall–Kier alpha value is -1.61. The Labute approximate surface area is 76.7 Å². The molecule has 0 saturated heterocycles. The highest BCUT2D eigenvalue weighted by Gasteiger charge is 1.99. The molecule has 1 aromatic carbocycles. The second kappa shape index (κ2) is 5.11. The van der Waals surface area contributed by atoms with Gasteiger partial charge in [-0.25, -0.2) is 0 Å². The molecule has 0 bridgehead atoms. The molecule has 0 saturated carbocycles. The van der Waals surface area contributed by atoms with E-state index in [1.807, 2.05) is 6.07 Å². The number of hydrogen-bond acceptors (Lipinski definition) is 2. The average Bonchev–Trinajstić information content (AvgIpc) is 2.19. The van der Waals surface area contributed by atoms with Crippen molar-refractivity contribution >= 4 is 5.91 Å². The lowest BCUT2D eigenvalue weighted by Gasteiger charge is -1.98. The van der Waals surface area contributed by atoms with Gasteiger partial charge in [-0.1, -0.05) is 18.2 Å². The Balaban J connectivity index is 2.54. The van der Waals surface area contributed by atoms with Crippen LogP contribution >= 0.6 is 0 Å². The van der Waals surface area contributed by atoms with Gasteiger partial charge in [-0.2, -0.15) is 0 Å². The molecule has 1 aromatic rings. The summed E-state index contributed by atoms with van der Waals surface area (Å²) in [6.07, 6.45) is 2.89. The van der Waals surface area contributed by atoms with Gasteiger partial charge in [0.15, 0.2) is 0 Å². The van der Waals surface area contributed by atoms with Crippen molar-refractivity contribution in [2.75, 3.05) is 6.61 Å². The van der Waals surface area contributed by atoms with Crippen molar-refractivity contribution in [1.29, 1.82) is 0 Å². The van der Waals surface area contributed by atoms with E-state index in [1.165, 1.54) is 12.3 Å². The van der Waals surface area contributed by atoms with Crippen molar-refractivity contribution in [2.24, 2.45) is 0 Å². The molecule has 0 aliphatic rings. The van der Waals surface area contributed by atoms with E-state index < -0.39 is 0 Å². The molecule has 13 heavy (non-hydrogen) atoms. The van der Waals surface area contributed by atoms with Crippen molar-refractivity contribution in [1.82, 2.24) is 5.32 Å². The molecule has 0 aromatic heterocycles. The van der Waals surface area contributed by atoms with Crippen molar-refractivity contribution in [2.45, 2.75) is 0 Å². The largest absolute Gasteiger partial charge is 0.392 e. The molecule has 1 rings (SSSR count). The Bertz CT molecular complexity index is 293. The fourth-order valence-electron chi connectivity index (χ4n) is 0.860. The molecule has 0 unspecified atom stereocenters. The third kappa shape index (κ3) is 3.09. The van der Waals surface area contributed by atoms with Gasteiger partial charge in [0.25, 0.3) is 5.91 Å². The van der Waals surface area contributed by atoms with Crippen LogP contribution in [0.25, 0.3) is 0 Å². The molecular formula is C10H11NO2. The fraction of sp³-hybridized carbons (Fsp3) is 0.100. The Morgan fingerprint density at radius 3 is 2.69 bits per heavy atom. The lowest BCUT2D eigenvalue weighted by Crippen LogP contribution is -2.16. The van der Waals surface area contributed by atoms with Crippen LogP contribution < -0.4 is 5.32 Å². The fourth-order valence-corrected chi connectivity index (χ4v) is 0.860. The topological polar surface area (TPSA) is 49.3 Å². The van der Waals surface area contributed by atoms with Crippen LogP contribution in [0.3, 0.4) is 0 Å². The maximum atomic E-state index is 11.3. The lowest BCUT2D eigenvalue weighted by molar-refractivity contribution is 0.0970. The molecule has 0 aliphatic carbocycles. The number of amides is 1. The molecule has 68 valence electrons. The molecular weight excluding hydrogens is 166 g/mol. The highest BCUT2D eigenvalue weighted by Crippen LogP contribution is 1.97. The zero-order valence-corrected chi connectivity index (χ0v) is 7.10. The highest BCUT2D eigenvalue weighted by molar-refractivity contribution is 5.94. The van der Waals surface area contributed by atoms with E-state index in [2.05, 4.69) is 5.32 Å². The van der Waals surface area contributed by atoms with Crippen LogP contribution in [0, 0.1) is 0 Å². The Morgan fingerprint density at radius 2 is 2.08 bits per heavy atom. The van der Waals surface area contributed by atoms with Crippen molar-refractivity contribution in [3.8, 4) is 0 Å². The number of benzene rings is 1.